The van der Waals surface area contributed by atoms with Gasteiger partial charge in [-0.15, -0.1) is 0 Å². The number of anilines is 2. The SMILES string of the molecule is COc1cccc(-c2nc(N3CCN([C@H](C)c4ccccc4)CC3)nc3nn(C)c(N)c23)c1. The van der Waals surface area contributed by atoms with Crippen LogP contribution in [0.4, 0.5) is 11.8 Å². The predicted molar refractivity (Wildman–Crippen MR) is 131 cm³/mol. The van der Waals surface area contributed by atoms with Crippen LogP contribution < -0.4 is 15.4 Å². The van der Waals surface area contributed by atoms with Gasteiger partial charge in [0.25, 0.3) is 0 Å². The molecule has 1 aliphatic heterocycles. The lowest BCUT2D eigenvalue weighted by Gasteiger charge is -2.38. The van der Waals surface area contributed by atoms with Gasteiger partial charge in [0, 0.05) is 44.8 Å². The fourth-order valence-corrected chi connectivity index (χ4v) is 4.48. The first-order valence-electron chi connectivity index (χ1n) is 11.2. The van der Waals surface area contributed by atoms with Gasteiger partial charge >= 0.3 is 0 Å². The monoisotopic (exact) mass is 443 g/mol. The number of ether oxygens (including phenoxy) is 1. The van der Waals surface area contributed by atoms with E-state index in [0.717, 1.165) is 48.6 Å². The fraction of sp³-hybridized carbons (Fsp3) is 0.320. The van der Waals surface area contributed by atoms with Crippen molar-refractivity contribution in [3.63, 3.8) is 0 Å². The van der Waals surface area contributed by atoms with Crippen LogP contribution in [-0.2, 0) is 7.05 Å². The van der Waals surface area contributed by atoms with Crippen LogP contribution >= 0.6 is 0 Å². The first-order chi connectivity index (χ1) is 16.0. The molecule has 8 heteroatoms. The van der Waals surface area contributed by atoms with Crippen molar-refractivity contribution >= 4 is 22.8 Å². The Kier molecular flexibility index (Phi) is 5.60. The molecule has 8 nitrogen and oxygen atoms in total. The molecule has 1 atom stereocenters. The lowest BCUT2D eigenvalue weighted by molar-refractivity contribution is 0.198. The maximum absolute atomic E-state index is 6.35. The zero-order valence-corrected chi connectivity index (χ0v) is 19.3. The lowest BCUT2D eigenvalue weighted by Crippen LogP contribution is -2.47. The molecule has 5 rings (SSSR count). The Labute approximate surface area is 193 Å². The zero-order chi connectivity index (χ0) is 22.9. The molecule has 1 fully saturated rings. The summed E-state index contributed by atoms with van der Waals surface area (Å²) in [5, 5.41) is 5.32. The van der Waals surface area contributed by atoms with Gasteiger partial charge in [0.05, 0.1) is 18.2 Å². The van der Waals surface area contributed by atoms with E-state index in [-0.39, 0.29) is 0 Å². The van der Waals surface area contributed by atoms with Crippen molar-refractivity contribution in [2.24, 2.45) is 7.05 Å². The third-order valence-electron chi connectivity index (χ3n) is 6.50. The maximum Gasteiger partial charge on any atom is 0.228 e. The Hall–Kier alpha value is -3.65. The van der Waals surface area contributed by atoms with Gasteiger partial charge in [-0.1, -0.05) is 42.5 Å². The van der Waals surface area contributed by atoms with E-state index in [1.807, 2.05) is 31.3 Å². The van der Waals surface area contributed by atoms with Gasteiger partial charge in [-0.2, -0.15) is 10.1 Å². The van der Waals surface area contributed by atoms with Crippen LogP contribution in [0.5, 0.6) is 5.75 Å². The Balaban J connectivity index is 1.46. The molecule has 0 bridgehead atoms. The number of nitrogens with two attached hydrogens (primary N) is 1. The number of nitrogens with zero attached hydrogens (tertiary/aromatic N) is 6. The molecule has 0 saturated carbocycles. The third-order valence-corrected chi connectivity index (χ3v) is 6.50. The Morgan fingerprint density at radius 1 is 0.970 bits per heavy atom. The molecule has 0 unspecified atom stereocenters. The summed E-state index contributed by atoms with van der Waals surface area (Å²) in [4.78, 5) is 14.5. The van der Waals surface area contributed by atoms with E-state index in [1.165, 1.54) is 5.56 Å². The van der Waals surface area contributed by atoms with E-state index >= 15 is 0 Å². The van der Waals surface area contributed by atoms with Crippen LogP contribution in [0.2, 0.25) is 0 Å². The highest BCUT2D eigenvalue weighted by atomic mass is 16.5. The number of benzene rings is 2. The van der Waals surface area contributed by atoms with E-state index in [2.05, 4.69) is 52.2 Å². The van der Waals surface area contributed by atoms with Crippen molar-refractivity contribution in [1.82, 2.24) is 24.6 Å². The van der Waals surface area contributed by atoms with E-state index in [4.69, 9.17) is 20.4 Å². The summed E-state index contributed by atoms with van der Waals surface area (Å²) in [6.07, 6.45) is 0. The number of hydrogen-bond donors (Lipinski definition) is 1. The average Bonchev–Trinajstić information content (AvgIpc) is 3.16. The molecular formula is C25H29N7O. The van der Waals surface area contributed by atoms with Gasteiger partial charge in [-0.3, -0.25) is 9.58 Å². The molecular weight excluding hydrogens is 414 g/mol. The Morgan fingerprint density at radius 3 is 2.45 bits per heavy atom. The summed E-state index contributed by atoms with van der Waals surface area (Å²) >= 11 is 0. The van der Waals surface area contributed by atoms with Gasteiger partial charge in [0.1, 0.15) is 11.6 Å². The number of hydrogen-bond acceptors (Lipinski definition) is 7. The number of piperazine rings is 1. The number of methoxy groups -OCH3 is 1. The second-order valence-corrected chi connectivity index (χ2v) is 8.42. The first kappa shape index (κ1) is 21.2. The van der Waals surface area contributed by atoms with Crippen LogP contribution in [0.15, 0.2) is 54.6 Å². The summed E-state index contributed by atoms with van der Waals surface area (Å²) in [6.45, 7) is 5.85. The molecule has 0 spiro atoms. The zero-order valence-electron chi connectivity index (χ0n) is 19.3. The first-order valence-corrected chi connectivity index (χ1v) is 11.2. The molecule has 0 aliphatic carbocycles. The van der Waals surface area contributed by atoms with Crippen molar-refractivity contribution in [1.29, 1.82) is 0 Å². The highest BCUT2D eigenvalue weighted by molar-refractivity contribution is 5.99. The molecule has 170 valence electrons. The molecule has 3 heterocycles. The van der Waals surface area contributed by atoms with E-state index in [9.17, 15) is 0 Å². The summed E-state index contributed by atoms with van der Waals surface area (Å²) in [7, 11) is 3.49. The summed E-state index contributed by atoms with van der Waals surface area (Å²) in [5.74, 6) is 2.01. The van der Waals surface area contributed by atoms with E-state index in [0.29, 0.717) is 23.5 Å². The van der Waals surface area contributed by atoms with Crippen LogP contribution in [0.3, 0.4) is 0 Å². The second-order valence-electron chi connectivity index (χ2n) is 8.42. The van der Waals surface area contributed by atoms with Crippen molar-refractivity contribution in [2.75, 3.05) is 43.9 Å². The van der Waals surface area contributed by atoms with Crippen molar-refractivity contribution in [3.8, 4) is 17.0 Å². The Morgan fingerprint density at radius 2 is 1.73 bits per heavy atom. The summed E-state index contributed by atoms with van der Waals surface area (Å²) < 4.78 is 7.09. The largest absolute Gasteiger partial charge is 0.497 e. The number of rotatable bonds is 5. The number of aryl methyl sites for hydroxylation is 1. The van der Waals surface area contributed by atoms with Crippen molar-refractivity contribution in [3.05, 3.63) is 60.2 Å². The lowest BCUT2D eigenvalue weighted by atomic mass is 10.1. The molecule has 2 aromatic heterocycles. The second kappa shape index (κ2) is 8.71. The molecule has 33 heavy (non-hydrogen) atoms. The van der Waals surface area contributed by atoms with Crippen molar-refractivity contribution < 1.29 is 4.74 Å². The topological polar surface area (TPSA) is 85.3 Å². The van der Waals surface area contributed by atoms with Crippen LogP contribution in [0.1, 0.15) is 18.5 Å². The quantitative estimate of drug-likeness (QED) is 0.505. The molecule has 0 amide bonds. The molecule has 2 aromatic carbocycles. The van der Waals surface area contributed by atoms with Crippen molar-refractivity contribution in [2.45, 2.75) is 13.0 Å². The van der Waals surface area contributed by atoms with E-state index in [1.54, 1.807) is 11.8 Å². The van der Waals surface area contributed by atoms with Gasteiger partial charge in [0.15, 0.2) is 5.65 Å². The normalized spacial score (nSPS) is 15.7. The number of fused-ring (bicyclic) bond motifs is 1. The number of aromatic nitrogens is 4. The minimum Gasteiger partial charge on any atom is -0.497 e. The highest BCUT2D eigenvalue weighted by Crippen LogP contribution is 2.33. The average molecular weight is 444 g/mol. The minimum atomic E-state index is 0.375. The van der Waals surface area contributed by atoms with E-state index < -0.39 is 0 Å². The molecule has 0 radical (unpaired) electrons. The summed E-state index contributed by atoms with van der Waals surface area (Å²) in [5.41, 5.74) is 10.0. The molecule has 2 N–H and O–H groups in total. The molecule has 1 aliphatic rings. The highest BCUT2D eigenvalue weighted by Gasteiger charge is 2.25. The standard InChI is InChI=1S/C25H29N7O/c1-17(18-8-5-4-6-9-18)31-12-14-32(15-13-31)25-27-22(19-10-7-11-20(16-19)33-3)21-23(26)30(2)29-24(21)28-25/h4-11,16-17H,12-15,26H2,1-3H3/t17-/m1/s1. The summed E-state index contributed by atoms with van der Waals surface area (Å²) in [6, 6.07) is 18.9. The molecule has 1 saturated heterocycles. The van der Waals surface area contributed by atoms with Gasteiger partial charge in [-0.05, 0) is 24.6 Å². The van der Waals surface area contributed by atoms with Gasteiger partial charge in [-0.25, -0.2) is 4.98 Å². The van der Waals surface area contributed by atoms with Crippen LogP contribution in [0.25, 0.3) is 22.3 Å². The fourth-order valence-electron chi connectivity index (χ4n) is 4.48. The van der Waals surface area contributed by atoms with Crippen LogP contribution in [0, 0.1) is 0 Å². The van der Waals surface area contributed by atoms with Gasteiger partial charge in [0.2, 0.25) is 5.95 Å². The number of nitrogen functional groups attached to an aromatic ring is 1. The Bertz CT molecular complexity index is 1260. The smallest absolute Gasteiger partial charge is 0.228 e. The van der Waals surface area contributed by atoms with Gasteiger partial charge < -0.3 is 15.4 Å². The minimum absolute atomic E-state index is 0.375. The predicted octanol–water partition coefficient (Wildman–Crippen LogP) is 3.50. The third kappa shape index (κ3) is 3.98. The van der Waals surface area contributed by atoms with Crippen LogP contribution in [-0.4, -0.2) is 57.9 Å². The maximum atomic E-state index is 6.35. The molecule has 4 aromatic rings.